The van der Waals surface area contributed by atoms with Crippen LogP contribution < -0.4 is 0 Å². The first-order valence-electron chi connectivity index (χ1n) is 18.9. The Kier molecular flexibility index (Phi) is 8.98. The van der Waals surface area contributed by atoms with Gasteiger partial charge in [0.25, 0.3) is 0 Å². The number of hydrogen-bond donors (Lipinski definition) is 3. The Labute approximate surface area is 327 Å². The molecule has 16 atom stereocenters. The van der Waals surface area contributed by atoms with Gasteiger partial charge in [-0.05, 0) is 18.9 Å². The van der Waals surface area contributed by atoms with Crippen LogP contribution >= 0.6 is 0 Å². The zero-order chi connectivity index (χ0) is 42.3. The summed E-state index contributed by atoms with van der Waals surface area (Å²) >= 11 is 0. The predicted octanol–water partition coefficient (Wildman–Crippen LogP) is 1.34. The largest absolute Gasteiger partial charge is 0.472 e. The van der Waals surface area contributed by atoms with Gasteiger partial charge in [0.1, 0.15) is 29.0 Å². The highest BCUT2D eigenvalue weighted by molar-refractivity contribution is 5.77. The van der Waals surface area contributed by atoms with E-state index in [0.29, 0.717) is 0 Å². The lowest BCUT2D eigenvalue weighted by atomic mass is 9.32. The van der Waals surface area contributed by atoms with E-state index in [-0.39, 0.29) is 18.4 Å². The van der Waals surface area contributed by atoms with Crippen molar-refractivity contribution in [3.63, 3.8) is 0 Å². The van der Waals surface area contributed by atoms with Crippen molar-refractivity contribution >= 4 is 35.8 Å². The van der Waals surface area contributed by atoms with Crippen molar-refractivity contribution in [2.24, 2.45) is 28.1 Å². The standard InChI is InChI=1S/C39H50O18/c1-11-35-14-23-33(8,26(51-17(2)40)22-12-13-50-15-22)27(52-18(3)41)28(53-19(4)42)39(48)34(9)25(24(45)29(46)49-10)32(7)16-36(34,47)38(55-21(6)44,30(32)54-20(5)43)31(56-35)37(23,39)57-35/h12-13,15,23-28,30-31,45,47-48H,11,14,16H2,1-10H3/t23-,24-,25+,26+,27+,28-,30+,31+,32-,33-,34-,35+,36-,37-,38+,39+/m1/s1. The van der Waals surface area contributed by atoms with Crippen LogP contribution in [0.15, 0.2) is 23.0 Å². The molecule has 18 nitrogen and oxygen atoms in total. The summed E-state index contributed by atoms with van der Waals surface area (Å²) in [6, 6.07) is 1.51. The van der Waals surface area contributed by atoms with Gasteiger partial charge in [0.2, 0.25) is 5.60 Å². The number of fused-ring (bicyclic) bond motifs is 4. The van der Waals surface area contributed by atoms with E-state index < -0.39 is 135 Å². The molecule has 3 N–H and O–H groups in total. The van der Waals surface area contributed by atoms with Gasteiger partial charge >= 0.3 is 35.8 Å². The number of carbonyl (C=O) groups excluding carboxylic acids is 6. The van der Waals surface area contributed by atoms with Crippen LogP contribution in [0, 0.1) is 28.1 Å². The fraction of sp³-hybridized carbons (Fsp3) is 0.744. The summed E-state index contributed by atoms with van der Waals surface area (Å²) in [5, 5.41) is 40.4. The molecule has 1 aromatic heterocycles. The molecular formula is C39H50O18. The Bertz CT molecular complexity index is 1910. The minimum absolute atomic E-state index is 0.0450. The third-order valence-corrected chi connectivity index (χ3v) is 14.6. The molecule has 57 heavy (non-hydrogen) atoms. The third-order valence-electron chi connectivity index (χ3n) is 14.6. The Morgan fingerprint density at radius 2 is 1.51 bits per heavy atom. The van der Waals surface area contributed by atoms with Crippen molar-refractivity contribution < 1.29 is 86.4 Å². The molecule has 0 radical (unpaired) electrons. The van der Waals surface area contributed by atoms with Crippen molar-refractivity contribution in [3.8, 4) is 0 Å². The van der Waals surface area contributed by atoms with Crippen LogP contribution in [0.25, 0.3) is 0 Å². The number of aliphatic hydroxyl groups excluding tert-OH is 1. The van der Waals surface area contributed by atoms with Crippen LogP contribution in [0.5, 0.6) is 0 Å². The molecule has 7 rings (SSSR count). The Morgan fingerprint density at radius 3 is 2.02 bits per heavy atom. The Morgan fingerprint density at radius 1 is 0.895 bits per heavy atom. The zero-order valence-corrected chi connectivity index (χ0v) is 33.4. The highest BCUT2D eigenvalue weighted by atomic mass is 16.8. The first-order valence-corrected chi connectivity index (χ1v) is 18.9. The van der Waals surface area contributed by atoms with Gasteiger partial charge in [-0.1, -0.05) is 27.7 Å². The molecule has 18 heteroatoms. The van der Waals surface area contributed by atoms with Crippen molar-refractivity contribution in [2.75, 3.05) is 7.11 Å². The normalized spacial score (nSPS) is 46.6. The van der Waals surface area contributed by atoms with Gasteiger partial charge in [-0.15, -0.1) is 0 Å². The highest BCUT2D eigenvalue weighted by Gasteiger charge is 3.04. The fourth-order valence-corrected chi connectivity index (χ4v) is 13.2. The molecule has 314 valence electrons. The topological polar surface area (TPSA) is 250 Å². The summed E-state index contributed by atoms with van der Waals surface area (Å²) < 4.78 is 55.2. The van der Waals surface area contributed by atoms with Gasteiger partial charge in [-0.25, -0.2) is 4.79 Å². The predicted molar refractivity (Wildman–Crippen MR) is 185 cm³/mol. The molecule has 2 saturated heterocycles. The van der Waals surface area contributed by atoms with Gasteiger partial charge < -0.3 is 57.6 Å². The lowest BCUT2D eigenvalue weighted by Gasteiger charge is -2.77. The molecule has 1 spiro atoms. The molecule has 6 aliphatic rings. The molecule has 4 saturated carbocycles. The molecule has 2 aliphatic heterocycles. The van der Waals surface area contributed by atoms with E-state index in [1.165, 1.54) is 32.4 Å². The van der Waals surface area contributed by atoms with Crippen molar-refractivity contribution in [3.05, 3.63) is 24.2 Å². The fourth-order valence-electron chi connectivity index (χ4n) is 13.2. The zero-order valence-electron chi connectivity index (χ0n) is 33.4. The van der Waals surface area contributed by atoms with Gasteiger partial charge in [0.15, 0.2) is 30.2 Å². The number of esters is 6. The smallest absolute Gasteiger partial charge is 0.335 e. The summed E-state index contributed by atoms with van der Waals surface area (Å²) in [4.78, 5) is 80.1. The van der Waals surface area contributed by atoms with Gasteiger partial charge in [0, 0.05) is 69.3 Å². The number of ether oxygens (including phenoxy) is 8. The van der Waals surface area contributed by atoms with E-state index in [1.807, 2.05) is 0 Å². The average molecular weight is 807 g/mol. The number of aliphatic hydroxyl groups is 3. The number of hydrogen-bond acceptors (Lipinski definition) is 18. The molecule has 0 unspecified atom stereocenters. The molecular weight excluding hydrogens is 756 g/mol. The molecule has 6 fully saturated rings. The molecule has 0 aromatic carbocycles. The van der Waals surface area contributed by atoms with Crippen molar-refractivity contribution in [2.45, 2.75) is 146 Å². The maximum Gasteiger partial charge on any atom is 0.335 e. The first kappa shape index (κ1) is 41.1. The average Bonchev–Trinajstić information content (AvgIpc) is 3.91. The second-order valence-corrected chi connectivity index (χ2v) is 17.2. The van der Waals surface area contributed by atoms with Crippen LogP contribution in [0.2, 0.25) is 0 Å². The lowest BCUT2D eigenvalue weighted by Crippen LogP contribution is -2.97. The van der Waals surface area contributed by atoms with Gasteiger partial charge in [-0.2, -0.15) is 0 Å². The number of rotatable bonds is 10. The van der Waals surface area contributed by atoms with E-state index >= 15 is 0 Å². The maximum absolute atomic E-state index is 14.4. The molecule has 1 aromatic rings. The SMILES string of the molecule is CC[C@@]12C[C@@H]3[C@](C)([C@@H](OC(C)=O)c4ccoc4)[C@@H](OC(C)=O)[C@@H](OC(C)=O)[C@@]4(O)[C@]3(O1)[C@H](O2)[C@@]1(OC(C)=O)[C@@H](OC(C)=O)[C@]2(C)C[C@@]1(O)[C@@]4(C)[C@H]2[C@@H](O)C(=O)OC. The second kappa shape index (κ2) is 12.5. The second-order valence-electron chi connectivity index (χ2n) is 17.2. The maximum atomic E-state index is 14.4. The molecule has 4 bridgehead atoms. The van der Waals surface area contributed by atoms with E-state index in [2.05, 4.69) is 0 Å². The summed E-state index contributed by atoms with van der Waals surface area (Å²) in [5.41, 5.74) is -16.1. The molecule has 3 heterocycles. The monoisotopic (exact) mass is 806 g/mol. The third kappa shape index (κ3) is 4.53. The quantitative estimate of drug-likeness (QED) is 0.223. The summed E-state index contributed by atoms with van der Waals surface area (Å²) in [6.07, 6.45) is -8.92. The lowest BCUT2D eigenvalue weighted by molar-refractivity contribution is -0.443. The van der Waals surface area contributed by atoms with Gasteiger partial charge in [-0.3, -0.25) is 24.0 Å². The Balaban J connectivity index is 1.69. The van der Waals surface area contributed by atoms with Gasteiger partial charge in [0.05, 0.1) is 25.1 Å². The van der Waals surface area contributed by atoms with E-state index in [4.69, 9.17) is 42.3 Å². The molecule has 0 amide bonds. The summed E-state index contributed by atoms with van der Waals surface area (Å²) in [5.74, 6) is -10.4. The van der Waals surface area contributed by atoms with E-state index in [1.54, 1.807) is 13.8 Å². The number of carbonyl (C=O) groups is 6. The number of furan rings is 1. The summed E-state index contributed by atoms with van der Waals surface area (Å²) in [6.45, 7) is 11.6. The van der Waals surface area contributed by atoms with Crippen LogP contribution in [-0.2, 0) is 66.7 Å². The summed E-state index contributed by atoms with van der Waals surface area (Å²) in [7, 11) is 1.02. The number of methoxy groups -OCH3 is 1. The van der Waals surface area contributed by atoms with Crippen LogP contribution in [0.1, 0.15) is 93.2 Å². The molecule has 4 aliphatic carbocycles. The Hall–Kier alpha value is -4.10. The first-order chi connectivity index (χ1) is 26.4. The van der Waals surface area contributed by atoms with E-state index in [9.17, 15) is 44.1 Å². The minimum Gasteiger partial charge on any atom is -0.472 e. The van der Waals surface area contributed by atoms with Crippen LogP contribution in [0.4, 0.5) is 0 Å². The van der Waals surface area contributed by atoms with Crippen LogP contribution in [0.3, 0.4) is 0 Å². The van der Waals surface area contributed by atoms with Crippen molar-refractivity contribution in [1.82, 2.24) is 0 Å². The highest BCUT2D eigenvalue weighted by Crippen LogP contribution is 2.87. The minimum atomic E-state index is -2.89. The van der Waals surface area contributed by atoms with Crippen LogP contribution in [-0.4, -0.2) is 117 Å². The van der Waals surface area contributed by atoms with Crippen molar-refractivity contribution in [1.29, 1.82) is 0 Å². The van der Waals surface area contributed by atoms with E-state index in [0.717, 1.165) is 41.7 Å².